The van der Waals surface area contributed by atoms with Gasteiger partial charge in [-0.15, -0.1) is 0 Å². The molecule has 0 aliphatic rings. The van der Waals surface area contributed by atoms with E-state index in [-0.39, 0.29) is 24.9 Å². The van der Waals surface area contributed by atoms with Crippen LogP contribution in [0.2, 0.25) is 0 Å². The number of carbonyl (C=O) groups excluding carboxylic acids is 2. The summed E-state index contributed by atoms with van der Waals surface area (Å²) < 4.78 is 5.87. The van der Waals surface area contributed by atoms with Crippen molar-refractivity contribution in [1.82, 2.24) is 5.32 Å². The molecule has 0 radical (unpaired) electrons. The van der Waals surface area contributed by atoms with Crippen LogP contribution < -0.4 is 5.32 Å². The molecule has 0 rings (SSSR count). The van der Waals surface area contributed by atoms with Crippen molar-refractivity contribution in [2.24, 2.45) is 0 Å². The third-order valence-corrected chi connectivity index (χ3v) is 10.1. The van der Waals surface area contributed by atoms with Gasteiger partial charge in [-0.3, -0.25) is 9.59 Å². The number of ether oxygens (including phenoxy) is 1. The van der Waals surface area contributed by atoms with E-state index < -0.39 is 18.2 Å². The number of aliphatic hydroxyl groups is 2. The third-order valence-electron chi connectivity index (χ3n) is 10.1. The largest absolute Gasteiger partial charge is 0.462 e. The topological polar surface area (TPSA) is 95.9 Å². The predicted molar refractivity (Wildman–Crippen MR) is 236 cm³/mol. The SMILES string of the molecule is CC/C=C/C/C=C/C/C=C/C/C=C/CCCC(CC(=O)NC(CO)C(O)CCCCCCCCCCC)OC(=O)CCCCC/C=C\CCCCCCCC. The molecule has 0 aromatic carbocycles. The Labute approximate surface area is 339 Å². The van der Waals surface area contributed by atoms with E-state index in [1.165, 1.54) is 77.0 Å². The van der Waals surface area contributed by atoms with Crippen LogP contribution in [0.25, 0.3) is 0 Å². The summed E-state index contributed by atoms with van der Waals surface area (Å²) in [6.45, 7) is 6.30. The minimum absolute atomic E-state index is 0.0323. The zero-order valence-electron chi connectivity index (χ0n) is 36.0. The Hall–Kier alpha value is -2.44. The van der Waals surface area contributed by atoms with E-state index in [0.29, 0.717) is 19.3 Å². The maximum atomic E-state index is 13.1. The molecule has 318 valence electrons. The van der Waals surface area contributed by atoms with Crippen LogP contribution in [0.15, 0.2) is 60.8 Å². The summed E-state index contributed by atoms with van der Waals surface area (Å²) in [5.41, 5.74) is 0. The second-order valence-corrected chi connectivity index (χ2v) is 15.4. The highest BCUT2D eigenvalue weighted by Gasteiger charge is 2.24. The molecule has 1 amide bonds. The van der Waals surface area contributed by atoms with Crippen molar-refractivity contribution in [3.63, 3.8) is 0 Å². The molecule has 0 aliphatic carbocycles. The number of unbranched alkanes of at least 4 members (excludes halogenated alkanes) is 18. The number of allylic oxidation sites excluding steroid dienone is 10. The van der Waals surface area contributed by atoms with Gasteiger partial charge in [-0.1, -0.05) is 178 Å². The van der Waals surface area contributed by atoms with Gasteiger partial charge in [0.2, 0.25) is 5.91 Å². The fraction of sp³-hybridized carbons (Fsp3) is 0.755. The van der Waals surface area contributed by atoms with Crippen LogP contribution in [0.4, 0.5) is 0 Å². The van der Waals surface area contributed by atoms with Crippen LogP contribution in [0.3, 0.4) is 0 Å². The molecule has 0 aromatic rings. The zero-order chi connectivity index (χ0) is 40.3. The average molecular weight is 770 g/mol. The first-order valence-corrected chi connectivity index (χ1v) is 23.0. The van der Waals surface area contributed by atoms with Gasteiger partial charge < -0.3 is 20.3 Å². The second kappa shape index (κ2) is 42.7. The van der Waals surface area contributed by atoms with Gasteiger partial charge in [-0.2, -0.15) is 0 Å². The highest BCUT2D eigenvalue weighted by Crippen LogP contribution is 2.16. The molecular formula is C49H87NO5. The van der Waals surface area contributed by atoms with Crippen molar-refractivity contribution < 1.29 is 24.5 Å². The summed E-state index contributed by atoms with van der Waals surface area (Å²) >= 11 is 0. The number of hydrogen-bond donors (Lipinski definition) is 3. The molecule has 0 saturated carbocycles. The van der Waals surface area contributed by atoms with E-state index >= 15 is 0 Å². The minimum Gasteiger partial charge on any atom is -0.462 e. The molecule has 0 aliphatic heterocycles. The molecule has 0 spiro atoms. The number of rotatable bonds is 40. The lowest BCUT2D eigenvalue weighted by atomic mass is 10.0. The first kappa shape index (κ1) is 52.6. The highest BCUT2D eigenvalue weighted by atomic mass is 16.5. The molecule has 0 bridgehead atoms. The summed E-state index contributed by atoms with van der Waals surface area (Å²) in [6.07, 6.45) is 51.4. The molecule has 3 N–H and O–H groups in total. The number of esters is 1. The fourth-order valence-electron chi connectivity index (χ4n) is 6.60. The Morgan fingerprint density at radius 1 is 0.545 bits per heavy atom. The van der Waals surface area contributed by atoms with Crippen molar-refractivity contribution in [3.8, 4) is 0 Å². The lowest BCUT2D eigenvalue weighted by molar-refractivity contribution is -0.151. The predicted octanol–water partition coefficient (Wildman–Crippen LogP) is 13.3. The molecule has 0 aromatic heterocycles. The quantitative estimate of drug-likeness (QED) is 0.0328. The first-order chi connectivity index (χ1) is 27.0. The van der Waals surface area contributed by atoms with Crippen LogP contribution >= 0.6 is 0 Å². The smallest absolute Gasteiger partial charge is 0.306 e. The van der Waals surface area contributed by atoms with Gasteiger partial charge in [0.1, 0.15) is 6.10 Å². The molecule has 6 nitrogen and oxygen atoms in total. The second-order valence-electron chi connectivity index (χ2n) is 15.4. The third kappa shape index (κ3) is 38.2. The van der Waals surface area contributed by atoms with Crippen molar-refractivity contribution in [1.29, 1.82) is 0 Å². The number of carbonyl (C=O) groups is 2. The van der Waals surface area contributed by atoms with Crippen LogP contribution in [0.1, 0.15) is 213 Å². The summed E-state index contributed by atoms with van der Waals surface area (Å²) in [5.74, 6) is -0.552. The molecular weight excluding hydrogens is 683 g/mol. The van der Waals surface area contributed by atoms with Gasteiger partial charge in [0, 0.05) is 6.42 Å². The monoisotopic (exact) mass is 770 g/mol. The normalized spacial score (nSPS) is 13.9. The van der Waals surface area contributed by atoms with E-state index in [1.54, 1.807) is 0 Å². The number of nitrogens with one attached hydrogen (secondary N) is 1. The molecule has 0 saturated heterocycles. The Kier molecular flexibility index (Phi) is 40.8. The van der Waals surface area contributed by atoms with E-state index in [2.05, 4.69) is 86.8 Å². The van der Waals surface area contributed by atoms with Crippen molar-refractivity contribution in [2.45, 2.75) is 232 Å². The maximum Gasteiger partial charge on any atom is 0.306 e. The highest BCUT2D eigenvalue weighted by molar-refractivity contribution is 5.77. The van der Waals surface area contributed by atoms with Gasteiger partial charge in [-0.25, -0.2) is 0 Å². The van der Waals surface area contributed by atoms with Gasteiger partial charge in [0.25, 0.3) is 0 Å². The Balaban J connectivity index is 4.74. The Morgan fingerprint density at radius 3 is 1.55 bits per heavy atom. The van der Waals surface area contributed by atoms with Crippen LogP contribution in [0, 0.1) is 0 Å². The van der Waals surface area contributed by atoms with Crippen LogP contribution in [-0.2, 0) is 14.3 Å². The molecule has 6 heteroatoms. The fourth-order valence-corrected chi connectivity index (χ4v) is 6.60. The number of hydrogen-bond acceptors (Lipinski definition) is 5. The van der Waals surface area contributed by atoms with E-state index in [9.17, 15) is 19.8 Å². The first-order valence-electron chi connectivity index (χ1n) is 23.0. The van der Waals surface area contributed by atoms with Crippen LogP contribution in [0.5, 0.6) is 0 Å². The van der Waals surface area contributed by atoms with Gasteiger partial charge >= 0.3 is 5.97 Å². The van der Waals surface area contributed by atoms with Crippen LogP contribution in [-0.4, -0.2) is 46.9 Å². The van der Waals surface area contributed by atoms with Gasteiger partial charge in [-0.05, 0) is 83.5 Å². The lowest BCUT2D eigenvalue weighted by Crippen LogP contribution is -2.46. The summed E-state index contributed by atoms with van der Waals surface area (Å²) in [5, 5.41) is 23.6. The van der Waals surface area contributed by atoms with Gasteiger partial charge in [0.05, 0.1) is 25.2 Å². The summed E-state index contributed by atoms with van der Waals surface area (Å²) in [4.78, 5) is 26.0. The zero-order valence-corrected chi connectivity index (χ0v) is 36.0. The van der Waals surface area contributed by atoms with Crippen molar-refractivity contribution in [2.75, 3.05) is 6.61 Å². The Morgan fingerprint density at radius 2 is 1.00 bits per heavy atom. The summed E-state index contributed by atoms with van der Waals surface area (Å²) in [7, 11) is 0. The van der Waals surface area contributed by atoms with Crippen molar-refractivity contribution >= 4 is 11.9 Å². The maximum absolute atomic E-state index is 13.1. The molecule has 0 fully saturated rings. The number of aliphatic hydroxyl groups excluding tert-OH is 2. The van der Waals surface area contributed by atoms with E-state index in [4.69, 9.17) is 4.74 Å². The average Bonchev–Trinajstić information content (AvgIpc) is 3.18. The Bertz CT molecular complexity index is 999. The standard InChI is InChI=1S/C49H87NO5/c1-4-7-10-13-16-19-21-23-25-26-29-31-34-37-40-45(55-49(54)42-39-36-33-30-27-24-22-20-17-14-11-8-5-2)43-48(53)50-46(44-51)47(52)41-38-35-32-28-18-15-12-9-6-3/h7,10,16,19,23-25,27,29,31,45-47,51-52H,4-6,8-9,11-15,17-18,20-22,26,28,30,32-44H2,1-3H3,(H,50,53)/b10-7+,19-16+,25-23+,27-24-,31-29+. The molecule has 3 atom stereocenters. The summed E-state index contributed by atoms with van der Waals surface area (Å²) in [6, 6.07) is -0.720. The molecule has 0 heterocycles. The van der Waals surface area contributed by atoms with Crippen molar-refractivity contribution in [3.05, 3.63) is 60.8 Å². The number of amides is 1. The van der Waals surface area contributed by atoms with Gasteiger partial charge in [0.15, 0.2) is 0 Å². The molecule has 3 unspecified atom stereocenters. The molecule has 55 heavy (non-hydrogen) atoms. The lowest BCUT2D eigenvalue weighted by Gasteiger charge is -2.24. The van der Waals surface area contributed by atoms with E-state index in [1.807, 2.05) is 0 Å². The minimum atomic E-state index is -0.803. The van der Waals surface area contributed by atoms with E-state index in [0.717, 1.165) is 89.9 Å².